The second kappa shape index (κ2) is 7.83. The first-order valence-electron chi connectivity index (χ1n) is 9.15. The maximum Gasteiger partial charge on any atom is 0.229 e. The van der Waals surface area contributed by atoms with Gasteiger partial charge in [0.2, 0.25) is 5.95 Å². The van der Waals surface area contributed by atoms with E-state index in [0.29, 0.717) is 30.4 Å². The summed E-state index contributed by atoms with van der Waals surface area (Å²) in [5, 5.41) is 6.08. The number of rotatable bonds is 5. The van der Waals surface area contributed by atoms with Gasteiger partial charge in [-0.05, 0) is 49.2 Å². The van der Waals surface area contributed by atoms with Crippen LogP contribution in [0, 0.1) is 19.7 Å². The predicted molar refractivity (Wildman–Crippen MR) is 108 cm³/mol. The summed E-state index contributed by atoms with van der Waals surface area (Å²) in [7, 11) is 1.64. The number of hydrogen-bond donors (Lipinski definition) is 2. The van der Waals surface area contributed by atoms with Gasteiger partial charge >= 0.3 is 0 Å². The molecule has 29 heavy (non-hydrogen) atoms. The summed E-state index contributed by atoms with van der Waals surface area (Å²) in [6.07, 6.45) is 1.12. The second-order valence-corrected chi connectivity index (χ2v) is 6.64. The number of hydrogen-bond acceptors (Lipinski definition) is 7. The highest BCUT2D eigenvalue weighted by atomic mass is 19.1. The Bertz CT molecular complexity index is 1040. The molecule has 150 valence electrons. The number of aromatic nitrogens is 2. The van der Waals surface area contributed by atoms with Gasteiger partial charge in [-0.15, -0.1) is 0 Å². The van der Waals surface area contributed by atoms with Crippen LogP contribution in [0.25, 0.3) is 0 Å². The first-order valence-corrected chi connectivity index (χ1v) is 9.15. The molecule has 8 heteroatoms. The fourth-order valence-corrected chi connectivity index (χ4v) is 3.25. The predicted octanol–water partition coefficient (Wildman–Crippen LogP) is 4.50. The van der Waals surface area contributed by atoms with Crippen LogP contribution in [0.4, 0.5) is 27.5 Å². The Morgan fingerprint density at radius 2 is 1.69 bits per heavy atom. The molecule has 0 fully saturated rings. The van der Waals surface area contributed by atoms with Crippen molar-refractivity contribution in [2.24, 2.45) is 0 Å². The van der Waals surface area contributed by atoms with Crippen LogP contribution in [-0.4, -0.2) is 30.3 Å². The van der Waals surface area contributed by atoms with Crippen molar-refractivity contribution in [2.75, 3.05) is 31.0 Å². The number of ether oxygens (including phenoxy) is 3. The average Bonchev–Trinajstić information content (AvgIpc) is 2.70. The molecular formula is C21H21FN4O3. The standard InChI is InChI=1S/C21H21FN4O3/c1-12-8-15(9-13(2)19(12)27-3)25-21-23-11-16(22)20(26-21)24-14-4-5-17-18(10-14)29-7-6-28-17/h4-5,8-11H,6-7H2,1-3H3,(H2,23,24,25,26). The summed E-state index contributed by atoms with van der Waals surface area (Å²) in [5.41, 5.74) is 3.38. The number of anilines is 4. The molecule has 0 radical (unpaired) electrons. The number of nitrogens with one attached hydrogen (secondary N) is 2. The summed E-state index contributed by atoms with van der Waals surface area (Å²) in [4.78, 5) is 8.30. The highest BCUT2D eigenvalue weighted by molar-refractivity contribution is 5.64. The van der Waals surface area contributed by atoms with Crippen molar-refractivity contribution in [3.8, 4) is 17.2 Å². The van der Waals surface area contributed by atoms with Gasteiger partial charge < -0.3 is 24.8 Å². The highest BCUT2D eigenvalue weighted by Gasteiger charge is 2.14. The third-order valence-electron chi connectivity index (χ3n) is 4.47. The number of halogens is 1. The molecule has 0 saturated heterocycles. The van der Waals surface area contributed by atoms with Gasteiger partial charge in [-0.25, -0.2) is 9.37 Å². The van der Waals surface area contributed by atoms with E-state index in [1.165, 1.54) is 0 Å². The van der Waals surface area contributed by atoms with Crippen molar-refractivity contribution in [1.29, 1.82) is 0 Å². The Kier molecular flexibility index (Phi) is 5.07. The minimum atomic E-state index is -0.562. The van der Waals surface area contributed by atoms with Gasteiger partial charge in [-0.2, -0.15) is 4.98 Å². The Morgan fingerprint density at radius 1 is 0.966 bits per heavy atom. The smallest absolute Gasteiger partial charge is 0.229 e. The molecule has 3 aromatic rings. The zero-order chi connectivity index (χ0) is 20.4. The Labute approximate surface area is 167 Å². The van der Waals surface area contributed by atoms with Crippen LogP contribution < -0.4 is 24.8 Å². The van der Waals surface area contributed by atoms with E-state index in [9.17, 15) is 4.39 Å². The number of methoxy groups -OCH3 is 1. The Balaban J connectivity index is 1.57. The summed E-state index contributed by atoms with van der Waals surface area (Å²) in [5.74, 6) is 1.87. The minimum absolute atomic E-state index is 0.0566. The van der Waals surface area contributed by atoms with Gasteiger partial charge in [-0.3, -0.25) is 0 Å². The highest BCUT2D eigenvalue weighted by Crippen LogP contribution is 2.34. The van der Waals surface area contributed by atoms with E-state index in [1.807, 2.05) is 26.0 Å². The molecule has 2 N–H and O–H groups in total. The van der Waals surface area contributed by atoms with E-state index < -0.39 is 5.82 Å². The van der Waals surface area contributed by atoms with Crippen LogP contribution in [0.15, 0.2) is 36.5 Å². The van der Waals surface area contributed by atoms with Crippen LogP contribution in [-0.2, 0) is 0 Å². The normalized spacial score (nSPS) is 12.4. The SMILES string of the molecule is COc1c(C)cc(Nc2ncc(F)c(Nc3ccc4c(c3)OCCO4)n2)cc1C. The third kappa shape index (κ3) is 4.01. The van der Waals surface area contributed by atoms with Crippen molar-refractivity contribution < 1.29 is 18.6 Å². The van der Waals surface area contributed by atoms with Crippen LogP contribution in [0.5, 0.6) is 17.2 Å². The summed E-state index contributed by atoms with van der Waals surface area (Å²) in [6, 6.07) is 9.15. The van der Waals surface area contributed by atoms with Gasteiger partial charge in [0, 0.05) is 17.4 Å². The number of nitrogens with zero attached hydrogens (tertiary/aromatic N) is 2. The van der Waals surface area contributed by atoms with Gasteiger partial charge in [0.15, 0.2) is 23.1 Å². The quantitative estimate of drug-likeness (QED) is 0.657. The zero-order valence-electron chi connectivity index (χ0n) is 16.4. The van der Waals surface area contributed by atoms with Crippen LogP contribution in [0.1, 0.15) is 11.1 Å². The molecule has 0 unspecified atom stereocenters. The monoisotopic (exact) mass is 396 g/mol. The molecule has 2 heterocycles. The van der Waals surface area contributed by atoms with E-state index in [-0.39, 0.29) is 11.8 Å². The molecule has 0 aliphatic carbocycles. The van der Waals surface area contributed by atoms with E-state index in [2.05, 4.69) is 20.6 Å². The molecule has 1 aliphatic rings. The van der Waals surface area contributed by atoms with Gasteiger partial charge in [0.25, 0.3) is 0 Å². The number of fused-ring (bicyclic) bond motifs is 1. The zero-order valence-corrected chi connectivity index (χ0v) is 16.4. The lowest BCUT2D eigenvalue weighted by molar-refractivity contribution is 0.171. The maximum absolute atomic E-state index is 14.3. The number of benzene rings is 2. The molecule has 4 rings (SSSR count). The molecule has 2 aromatic carbocycles. The molecular weight excluding hydrogens is 375 g/mol. The van der Waals surface area contributed by atoms with Gasteiger partial charge in [0.05, 0.1) is 13.3 Å². The van der Waals surface area contributed by atoms with E-state index in [0.717, 1.165) is 28.8 Å². The molecule has 0 saturated carbocycles. The topological polar surface area (TPSA) is 77.5 Å². The molecule has 0 spiro atoms. The van der Waals surface area contributed by atoms with Crippen LogP contribution in [0.2, 0.25) is 0 Å². The van der Waals surface area contributed by atoms with Crippen molar-refractivity contribution in [2.45, 2.75) is 13.8 Å². The summed E-state index contributed by atoms with van der Waals surface area (Å²) < 4.78 is 30.7. The maximum atomic E-state index is 14.3. The third-order valence-corrected chi connectivity index (χ3v) is 4.47. The average molecular weight is 396 g/mol. The Hall–Kier alpha value is -3.55. The second-order valence-electron chi connectivity index (χ2n) is 6.64. The van der Waals surface area contributed by atoms with Crippen molar-refractivity contribution in [3.05, 3.63) is 53.5 Å². The minimum Gasteiger partial charge on any atom is -0.496 e. The van der Waals surface area contributed by atoms with E-state index >= 15 is 0 Å². The summed E-state index contributed by atoms with van der Waals surface area (Å²) >= 11 is 0. The lowest BCUT2D eigenvalue weighted by atomic mass is 10.1. The van der Waals surface area contributed by atoms with Crippen LogP contribution in [0.3, 0.4) is 0 Å². The first kappa shape index (κ1) is 18.8. The summed E-state index contributed by atoms with van der Waals surface area (Å²) in [6.45, 7) is 4.90. The van der Waals surface area contributed by atoms with Gasteiger partial charge in [-0.1, -0.05) is 0 Å². The lowest BCUT2D eigenvalue weighted by Gasteiger charge is -2.19. The molecule has 1 aromatic heterocycles. The van der Waals surface area contributed by atoms with Crippen molar-refractivity contribution in [1.82, 2.24) is 9.97 Å². The Morgan fingerprint density at radius 3 is 2.41 bits per heavy atom. The fourth-order valence-electron chi connectivity index (χ4n) is 3.25. The van der Waals surface area contributed by atoms with Gasteiger partial charge in [0.1, 0.15) is 19.0 Å². The molecule has 0 bridgehead atoms. The fraction of sp³-hybridized carbons (Fsp3) is 0.238. The molecule has 0 amide bonds. The van der Waals surface area contributed by atoms with Crippen molar-refractivity contribution >= 4 is 23.1 Å². The first-order chi connectivity index (χ1) is 14.0. The molecule has 7 nitrogen and oxygen atoms in total. The van der Waals surface area contributed by atoms with E-state index in [1.54, 1.807) is 25.3 Å². The van der Waals surface area contributed by atoms with E-state index in [4.69, 9.17) is 14.2 Å². The lowest BCUT2D eigenvalue weighted by Crippen LogP contribution is -2.15. The molecule has 0 atom stereocenters. The number of aryl methyl sites for hydroxylation is 2. The van der Waals surface area contributed by atoms with Crippen LogP contribution >= 0.6 is 0 Å². The van der Waals surface area contributed by atoms with Crippen molar-refractivity contribution in [3.63, 3.8) is 0 Å². The largest absolute Gasteiger partial charge is 0.496 e. The molecule has 1 aliphatic heterocycles.